The molecule has 0 spiro atoms. The second-order valence-electron chi connectivity index (χ2n) is 2.32. The van der Waals surface area contributed by atoms with Crippen molar-refractivity contribution >= 4 is 38.5 Å². The van der Waals surface area contributed by atoms with E-state index in [2.05, 4.69) is 52.4 Å². The molecule has 0 aliphatic carbocycles. The van der Waals surface area contributed by atoms with Crippen molar-refractivity contribution < 1.29 is 0 Å². The number of allylic oxidation sites excluding steroid dienone is 1. The second-order valence-corrected chi connectivity index (χ2v) is 5.68. The number of hydrogen-bond donors (Lipinski definition) is 0. The molecule has 0 rings (SSSR count). The maximum Gasteiger partial charge on any atom is 0.0551 e. The highest BCUT2D eigenvalue weighted by Crippen LogP contribution is 2.25. The normalized spacial score (nSPS) is 13.2. The number of rotatable bonds is 4. The lowest BCUT2D eigenvalue weighted by atomic mass is 10.1. The Labute approximate surface area is 85.7 Å². The lowest BCUT2D eigenvalue weighted by Crippen LogP contribution is -1.81. The van der Waals surface area contributed by atoms with E-state index < -0.39 is 0 Å². The van der Waals surface area contributed by atoms with Crippen molar-refractivity contribution in [1.82, 2.24) is 0 Å². The number of unbranched alkanes of at least 4 members (excludes halogenated alkanes) is 1. The van der Waals surface area contributed by atoms with Crippen LogP contribution in [-0.4, -0.2) is 0 Å². The van der Waals surface area contributed by atoms with Crippen molar-refractivity contribution in [3.63, 3.8) is 0 Å². The molecule has 0 radical (unpaired) electrons. The van der Waals surface area contributed by atoms with E-state index in [1.807, 2.05) is 0 Å². The molecule has 10 heavy (non-hydrogen) atoms. The van der Waals surface area contributed by atoms with Crippen LogP contribution in [0, 0.1) is 0 Å². The van der Waals surface area contributed by atoms with Gasteiger partial charge in [-0.15, -0.1) is 0 Å². The topological polar surface area (TPSA) is 0 Å². The molecule has 0 saturated heterocycles. The van der Waals surface area contributed by atoms with Gasteiger partial charge in [0.05, 0.1) is 2.49 Å². The molecule has 0 atom stereocenters. The molecule has 0 heterocycles. The van der Waals surface area contributed by atoms with Crippen LogP contribution in [0.4, 0.5) is 0 Å². The minimum absolute atomic E-state index is 1.18. The predicted octanol–water partition coefficient (Wildman–Crippen LogP) is 4.63. The van der Waals surface area contributed by atoms with Crippen LogP contribution < -0.4 is 0 Å². The Morgan fingerprint density at radius 3 is 2.30 bits per heavy atom. The third-order valence-corrected chi connectivity index (χ3v) is 2.85. The quantitative estimate of drug-likeness (QED) is 0.663. The van der Waals surface area contributed by atoms with E-state index in [9.17, 15) is 0 Å². The highest BCUT2D eigenvalue weighted by molar-refractivity contribution is 14.1. The van der Waals surface area contributed by atoms with Crippen LogP contribution in [-0.2, 0) is 0 Å². The average Bonchev–Trinajstić information content (AvgIpc) is 1.89. The first kappa shape index (κ1) is 11.0. The Morgan fingerprint density at radius 1 is 1.40 bits per heavy atom. The summed E-state index contributed by atoms with van der Waals surface area (Å²) in [5.74, 6) is 0. The highest BCUT2D eigenvalue weighted by atomic mass is 127. The molecule has 0 fully saturated rings. The Balaban J connectivity index is 3.73. The average molecular weight is 317 g/mol. The van der Waals surface area contributed by atoms with Gasteiger partial charge in [-0.25, -0.2) is 0 Å². The molecule has 0 saturated carbocycles. The fourth-order valence-corrected chi connectivity index (χ4v) is 1.92. The summed E-state index contributed by atoms with van der Waals surface area (Å²) in [5, 5.41) is 0. The van der Waals surface area contributed by atoms with Gasteiger partial charge in [0.15, 0.2) is 0 Å². The van der Waals surface area contributed by atoms with E-state index in [1.165, 1.54) is 28.2 Å². The Morgan fingerprint density at radius 2 is 2.00 bits per heavy atom. The standard InChI is InChI=1S/C8H14BrI/c1-3-5-6-7(4-2)8(9)10/h3-6H2,1-2H3/b8-7-. The molecule has 0 aromatic carbocycles. The lowest BCUT2D eigenvalue weighted by molar-refractivity contribution is 0.768. The smallest absolute Gasteiger partial charge is 0.0551 e. The van der Waals surface area contributed by atoms with Crippen molar-refractivity contribution in [3.05, 3.63) is 8.06 Å². The highest BCUT2D eigenvalue weighted by Gasteiger charge is 1.97. The van der Waals surface area contributed by atoms with E-state index in [0.29, 0.717) is 0 Å². The Kier molecular flexibility index (Phi) is 7.28. The molecular formula is C8H14BrI. The molecule has 0 aliphatic rings. The number of halogens is 2. The molecule has 0 amide bonds. The van der Waals surface area contributed by atoms with Crippen molar-refractivity contribution in [3.8, 4) is 0 Å². The molecule has 0 bridgehead atoms. The van der Waals surface area contributed by atoms with Gasteiger partial charge < -0.3 is 0 Å². The summed E-state index contributed by atoms with van der Waals surface area (Å²) in [6.07, 6.45) is 5.06. The zero-order chi connectivity index (χ0) is 7.98. The van der Waals surface area contributed by atoms with Crippen LogP contribution in [0.2, 0.25) is 0 Å². The summed E-state index contributed by atoms with van der Waals surface area (Å²) < 4.78 is 1.31. The molecule has 0 unspecified atom stereocenters. The summed E-state index contributed by atoms with van der Waals surface area (Å²) in [7, 11) is 0. The van der Waals surface area contributed by atoms with Gasteiger partial charge in [0.2, 0.25) is 0 Å². The van der Waals surface area contributed by atoms with Gasteiger partial charge in [-0.05, 0) is 57.8 Å². The van der Waals surface area contributed by atoms with Crippen LogP contribution in [0.15, 0.2) is 8.06 Å². The van der Waals surface area contributed by atoms with Crippen LogP contribution in [0.1, 0.15) is 39.5 Å². The van der Waals surface area contributed by atoms with Crippen LogP contribution in [0.25, 0.3) is 0 Å². The van der Waals surface area contributed by atoms with Gasteiger partial charge in [-0.1, -0.05) is 25.8 Å². The molecular weight excluding hydrogens is 303 g/mol. The van der Waals surface area contributed by atoms with Crippen molar-refractivity contribution in [1.29, 1.82) is 0 Å². The first-order valence-electron chi connectivity index (χ1n) is 3.75. The van der Waals surface area contributed by atoms with Crippen LogP contribution in [0.3, 0.4) is 0 Å². The van der Waals surface area contributed by atoms with E-state index in [4.69, 9.17) is 0 Å². The third kappa shape index (κ3) is 4.72. The lowest BCUT2D eigenvalue weighted by Gasteiger charge is -2.02. The molecule has 2 heteroatoms. The van der Waals surface area contributed by atoms with E-state index in [0.717, 1.165) is 0 Å². The summed E-state index contributed by atoms with van der Waals surface area (Å²) in [6, 6.07) is 0. The fourth-order valence-electron chi connectivity index (χ4n) is 0.795. The summed E-state index contributed by atoms with van der Waals surface area (Å²) >= 11 is 5.84. The zero-order valence-corrected chi connectivity index (χ0v) is 10.3. The summed E-state index contributed by atoms with van der Waals surface area (Å²) in [6.45, 7) is 4.44. The van der Waals surface area contributed by atoms with Crippen LogP contribution in [0.5, 0.6) is 0 Å². The van der Waals surface area contributed by atoms with E-state index >= 15 is 0 Å². The van der Waals surface area contributed by atoms with E-state index in [-0.39, 0.29) is 0 Å². The monoisotopic (exact) mass is 316 g/mol. The SMILES string of the molecule is CCCC/C(CC)=C(/Br)I. The minimum Gasteiger partial charge on any atom is -0.0654 e. The molecule has 60 valence electrons. The molecule has 0 N–H and O–H groups in total. The van der Waals surface area contributed by atoms with Gasteiger partial charge >= 0.3 is 0 Å². The van der Waals surface area contributed by atoms with Gasteiger partial charge in [0, 0.05) is 0 Å². The Bertz CT molecular complexity index is 114. The molecule has 0 nitrogen and oxygen atoms in total. The maximum atomic E-state index is 3.50. The van der Waals surface area contributed by atoms with Crippen molar-refractivity contribution in [2.45, 2.75) is 39.5 Å². The first-order valence-corrected chi connectivity index (χ1v) is 5.62. The minimum atomic E-state index is 1.18. The first-order chi connectivity index (χ1) is 4.72. The van der Waals surface area contributed by atoms with Crippen molar-refractivity contribution in [2.75, 3.05) is 0 Å². The van der Waals surface area contributed by atoms with Gasteiger partial charge in [-0.2, -0.15) is 0 Å². The van der Waals surface area contributed by atoms with Crippen molar-refractivity contribution in [2.24, 2.45) is 0 Å². The summed E-state index contributed by atoms with van der Waals surface area (Å²) in [4.78, 5) is 0. The Hall–Kier alpha value is 0.950. The predicted molar refractivity (Wildman–Crippen MR) is 59.8 cm³/mol. The van der Waals surface area contributed by atoms with Crippen LogP contribution >= 0.6 is 38.5 Å². The van der Waals surface area contributed by atoms with Gasteiger partial charge in [-0.3, -0.25) is 0 Å². The molecule has 0 aromatic rings. The largest absolute Gasteiger partial charge is 0.0654 e. The zero-order valence-electron chi connectivity index (χ0n) is 6.58. The maximum absolute atomic E-state index is 3.50. The third-order valence-electron chi connectivity index (χ3n) is 1.53. The van der Waals surface area contributed by atoms with Gasteiger partial charge in [0.25, 0.3) is 0 Å². The summed E-state index contributed by atoms with van der Waals surface area (Å²) in [5.41, 5.74) is 1.56. The fraction of sp³-hybridized carbons (Fsp3) is 0.750. The second kappa shape index (κ2) is 6.65. The number of hydrogen-bond acceptors (Lipinski definition) is 0. The van der Waals surface area contributed by atoms with E-state index in [1.54, 1.807) is 5.57 Å². The molecule has 0 aliphatic heterocycles. The van der Waals surface area contributed by atoms with Gasteiger partial charge in [0.1, 0.15) is 0 Å². The molecule has 0 aromatic heterocycles.